The number of aliphatic hydroxyl groups excluding tert-OH is 1. The van der Waals surface area contributed by atoms with E-state index in [0.29, 0.717) is 12.2 Å². The molecule has 0 amide bonds. The summed E-state index contributed by atoms with van der Waals surface area (Å²) in [6.07, 6.45) is 1.95. The number of anilines is 1. The van der Waals surface area contributed by atoms with E-state index < -0.39 is 0 Å². The van der Waals surface area contributed by atoms with Crippen LogP contribution < -0.4 is 9.64 Å². The zero-order chi connectivity index (χ0) is 14.5. The predicted molar refractivity (Wildman–Crippen MR) is 79.3 cm³/mol. The molecule has 0 fully saturated rings. The molecule has 1 aromatic carbocycles. The molecule has 1 heterocycles. The van der Waals surface area contributed by atoms with Crippen molar-refractivity contribution in [2.24, 2.45) is 0 Å². The zero-order valence-corrected chi connectivity index (χ0v) is 12.3. The van der Waals surface area contributed by atoms with Crippen LogP contribution >= 0.6 is 0 Å². The van der Waals surface area contributed by atoms with Crippen LogP contribution in [-0.4, -0.2) is 30.8 Å². The average molecular weight is 277 g/mol. The van der Waals surface area contributed by atoms with Crippen LogP contribution in [0.4, 0.5) is 5.69 Å². The quantitative estimate of drug-likeness (QED) is 0.641. The summed E-state index contributed by atoms with van der Waals surface area (Å²) < 4.78 is 5.39. The van der Waals surface area contributed by atoms with Gasteiger partial charge in [0.1, 0.15) is 5.75 Å². The minimum atomic E-state index is -0.169. The molecule has 110 valence electrons. The summed E-state index contributed by atoms with van der Waals surface area (Å²) in [6, 6.07) is 6.12. The second-order valence-corrected chi connectivity index (χ2v) is 5.14. The molecule has 4 nitrogen and oxygen atoms in total. The molecule has 2 rings (SSSR count). The van der Waals surface area contributed by atoms with Crippen LogP contribution in [0.1, 0.15) is 44.6 Å². The Kier molecular flexibility index (Phi) is 5.01. The van der Waals surface area contributed by atoms with Gasteiger partial charge in [-0.25, -0.2) is 0 Å². The molecule has 0 bridgehead atoms. The summed E-state index contributed by atoms with van der Waals surface area (Å²) in [5.74, 6) is 0.690. The van der Waals surface area contributed by atoms with Gasteiger partial charge in [0.15, 0.2) is 0 Å². The number of hydrogen-bond acceptors (Lipinski definition) is 4. The molecule has 0 saturated heterocycles. The number of carbonyl (C=O) groups excluding carboxylic acids is 1. The van der Waals surface area contributed by atoms with Crippen molar-refractivity contribution >= 4 is 11.7 Å². The number of fused-ring (bicyclic) bond motifs is 1. The predicted octanol–water partition coefficient (Wildman–Crippen LogP) is 2.70. The second kappa shape index (κ2) is 6.75. The minimum Gasteiger partial charge on any atom is -0.426 e. The highest BCUT2D eigenvalue weighted by atomic mass is 16.5. The first-order valence-corrected chi connectivity index (χ1v) is 7.40. The maximum Gasteiger partial charge on any atom is 0.311 e. The summed E-state index contributed by atoms with van der Waals surface area (Å²) in [5.41, 5.74) is 2.18. The van der Waals surface area contributed by atoms with Crippen molar-refractivity contribution in [3.8, 4) is 5.75 Å². The van der Waals surface area contributed by atoms with Crippen molar-refractivity contribution in [2.75, 3.05) is 24.6 Å². The molecule has 0 aliphatic carbocycles. The molecule has 0 aromatic heterocycles. The first-order chi connectivity index (χ1) is 9.69. The van der Waals surface area contributed by atoms with E-state index in [1.54, 1.807) is 0 Å². The normalized spacial score (nSPS) is 17.6. The number of ether oxygens (including phenoxy) is 1. The Bertz CT molecular complexity index is 469. The lowest BCUT2D eigenvalue weighted by Crippen LogP contribution is -2.24. The van der Waals surface area contributed by atoms with E-state index in [9.17, 15) is 4.79 Å². The highest BCUT2D eigenvalue weighted by Gasteiger charge is 2.27. The number of rotatable bonds is 6. The maximum absolute atomic E-state index is 11.7. The van der Waals surface area contributed by atoms with Gasteiger partial charge in [0.25, 0.3) is 0 Å². The van der Waals surface area contributed by atoms with E-state index >= 15 is 0 Å². The number of benzene rings is 1. The van der Waals surface area contributed by atoms with Gasteiger partial charge in [-0.1, -0.05) is 6.07 Å². The van der Waals surface area contributed by atoms with Crippen LogP contribution in [0, 0.1) is 0 Å². The van der Waals surface area contributed by atoms with Crippen molar-refractivity contribution in [1.82, 2.24) is 0 Å². The molecule has 4 heteroatoms. The van der Waals surface area contributed by atoms with Crippen LogP contribution in [0.5, 0.6) is 5.75 Å². The van der Waals surface area contributed by atoms with E-state index in [2.05, 4.69) is 30.9 Å². The van der Waals surface area contributed by atoms with Gasteiger partial charge in [-0.05, 0) is 44.2 Å². The number of hydrogen-bond donors (Lipinski definition) is 1. The first kappa shape index (κ1) is 14.9. The van der Waals surface area contributed by atoms with Crippen LogP contribution in [0.2, 0.25) is 0 Å². The van der Waals surface area contributed by atoms with E-state index in [0.717, 1.165) is 37.2 Å². The summed E-state index contributed by atoms with van der Waals surface area (Å²) >= 11 is 0. The molecular weight excluding hydrogens is 254 g/mol. The Hall–Kier alpha value is -1.55. The molecule has 0 radical (unpaired) electrons. The fraction of sp³-hybridized carbons (Fsp3) is 0.562. The summed E-state index contributed by atoms with van der Waals surface area (Å²) in [6.45, 7) is 6.24. The fourth-order valence-corrected chi connectivity index (χ4v) is 2.80. The topological polar surface area (TPSA) is 49.8 Å². The SMILES string of the molecule is CCN(CC)c1ccc2c(c1)OC(=O)CC2CCCO. The third-order valence-electron chi connectivity index (χ3n) is 3.91. The second-order valence-electron chi connectivity index (χ2n) is 5.14. The molecule has 1 aliphatic heterocycles. The first-order valence-electron chi connectivity index (χ1n) is 7.40. The number of esters is 1. The van der Waals surface area contributed by atoms with Crippen LogP contribution in [0.25, 0.3) is 0 Å². The lowest BCUT2D eigenvalue weighted by atomic mass is 9.88. The van der Waals surface area contributed by atoms with E-state index in [1.165, 1.54) is 0 Å². The minimum absolute atomic E-state index is 0.165. The Labute approximate surface area is 120 Å². The summed E-state index contributed by atoms with van der Waals surface area (Å²) in [5, 5.41) is 8.97. The van der Waals surface area contributed by atoms with Gasteiger partial charge in [0, 0.05) is 31.5 Å². The molecule has 0 spiro atoms. The smallest absolute Gasteiger partial charge is 0.311 e. The molecule has 1 atom stereocenters. The van der Waals surface area contributed by atoms with Crippen LogP contribution in [0.3, 0.4) is 0 Å². The molecule has 1 aromatic rings. The Morgan fingerprint density at radius 2 is 2.10 bits per heavy atom. The van der Waals surface area contributed by atoms with Gasteiger partial charge in [-0.15, -0.1) is 0 Å². The van der Waals surface area contributed by atoms with Gasteiger partial charge in [-0.3, -0.25) is 4.79 Å². The van der Waals surface area contributed by atoms with Crippen LogP contribution in [0.15, 0.2) is 18.2 Å². The molecule has 1 unspecified atom stereocenters. The number of aliphatic hydroxyl groups is 1. The lowest BCUT2D eigenvalue weighted by Gasteiger charge is -2.27. The maximum atomic E-state index is 11.7. The van der Waals surface area contributed by atoms with Crippen molar-refractivity contribution in [3.05, 3.63) is 23.8 Å². The monoisotopic (exact) mass is 277 g/mol. The molecule has 1 aliphatic rings. The molecular formula is C16H23NO3. The van der Waals surface area contributed by atoms with Gasteiger partial charge < -0.3 is 14.7 Å². The summed E-state index contributed by atoms with van der Waals surface area (Å²) in [7, 11) is 0. The van der Waals surface area contributed by atoms with Crippen molar-refractivity contribution in [3.63, 3.8) is 0 Å². The average Bonchev–Trinajstić information content (AvgIpc) is 2.45. The van der Waals surface area contributed by atoms with Gasteiger partial charge >= 0.3 is 5.97 Å². The van der Waals surface area contributed by atoms with E-state index in [4.69, 9.17) is 9.84 Å². The summed E-state index contributed by atoms with van der Waals surface area (Å²) in [4.78, 5) is 13.9. The van der Waals surface area contributed by atoms with Gasteiger partial charge in [-0.2, -0.15) is 0 Å². The molecule has 20 heavy (non-hydrogen) atoms. The van der Waals surface area contributed by atoms with Gasteiger partial charge in [0.2, 0.25) is 0 Å². The zero-order valence-electron chi connectivity index (χ0n) is 12.3. The van der Waals surface area contributed by atoms with E-state index in [1.807, 2.05) is 6.07 Å². The number of carbonyl (C=O) groups is 1. The molecule has 0 saturated carbocycles. The third-order valence-corrected chi connectivity index (χ3v) is 3.91. The van der Waals surface area contributed by atoms with Crippen LogP contribution in [-0.2, 0) is 4.79 Å². The number of nitrogens with zero attached hydrogens (tertiary/aromatic N) is 1. The highest BCUT2D eigenvalue weighted by molar-refractivity contribution is 5.77. The van der Waals surface area contributed by atoms with Gasteiger partial charge in [0.05, 0.1) is 6.42 Å². The Morgan fingerprint density at radius 3 is 2.75 bits per heavy atom. The Morgan fingerprint density at radius 1 is 1.35 bits per heavy atom. The Balaban J connectivity index is 2.27. The fourth-order valence-electron chi connectivity index (χ4n) is 2.80. The standard InChI is InChI=1S/C16H23NO3/c1-3-17(4-2)13-7-8-14-12(6-5-9-18)10-16(19)20-15(14)11-13/h7-8,11-12,18H,3-6,9-10H2,1-2H3. The lowest BCUT2D eigenvalue weighted by molar-refractivity contribution is -0.136. The third kappa shape index (κ3) is 3.12. The largest absolute Gasteiger partial charge is 0.426 e. The highest BCUT2D eigenvalue weighted by Crippen LogP contribution is 2.39. The van der Waals surface area contributed by atoms with Crippen molar-refractivity contribution in [2.45, 2.75) is 39.0 Å². The van der Waals surface area contributed by atoms with E-state index in [-0.39, 0.29) is 18.5 Å². The van der Waals surface area contributed by atoms with Crippen molar-refractivity contribution in [1.29, 1.82) is 0 Å². The van der Waals surface area contributed by atoms with Crippen molar-refractivity contribution < 1.29 is 14.6 Å². The molecule has 1 N–H and O–H groups in total.